The fraction of sp³-hybridized carbons (Fsp3) is 0.632. The van der Waals surface area contributed by atoms with Crippen LogP contribution in [0, 0.1) is 30.6 Å². The maximum atomic E-state index is 14.2. The van der Waals surface area contributed by atoms with Crippen LogP contribution in [0.4, 0.5) is 0 Å². The minimum absolute atomic E-state index is 0.104. The number of carbonyl (C=O) groups is 3. The Hall–Kier alpha value is -3.09. The number of aryl methyl sites for hydroxylation is 1. The molecule has 3 amide bonds. The van der Waals surface area contributed by atoms with Crippen molar-refractivity contribution < 1.29 is 22.8 Å². The minimum Gasteiger partial charge on any atom is -0.348 e. The fourth-order valence-corrected chi connectivity index (χ4v) is 8.65. The summed E-state index contributed by atoms with van der Waals surface area (Å²) in [4.78, 5) is 45.8. The number of sulfone groups is 1. The summed E-state index contributed by atoms with van der Waals surface area (Å²) in [5.74, 6) is 0.737. The van der Waals surface area contributed by atoms with Crippen molar-refractivity contribution in [3.8, 4) is 0 Å². The number of benzene rings is 1. The molecule has 2 fully saturated rings. The molecule has 0 radical (unpaired) electrons. The van der Waals surface area contributed by atoms with Gasteiger partial charge in [-0.25, -0.2) is 13.4 Å². The second kappa shape index (κ2) is 18.9. The molecule has 10 nitrogen and oxygen atoms in total. The molecule has 0 saturated heterocycles. The van der Waals surface area contributed by atoms with Gasteiger partial charge < -0.3 is 21.7 Å². The van der Waals surface area contributed by atoms with E-state index in [0.717, 1.165) is 65.3 Å². The number of hydrogen-bond acceptors (Lipinski definition) is 8. The predicted octanol–water partition coefficient (Wildman–Crippen LogP) is 5.60. The standard InChI is InChI=1S/C38H57N5O5S2/c1-25(2)20-33(43-38(46)35-24-40-26(3)49-35)37(45)42-34(22-28-14-16-31(17-15-28)30-8-6-5-7-9-30)36(44)41-32(18-19-50(4,47)48)21-27-10-12-29(23-39)13-11-27/h10-13,18-19,24-25,28,30-34H,5-9,14-17,20-23,39H2,1-4H3,(H,41,44)(H,42,45)(H,43,46)/b19-18+/t28?,31?,32-,33+,34+/m1/s1. The normalized spacial score (nSPS) is 20.7. The number of rotatable bonds is 16. The average Bonchev–Trinajstić information content (AvgIpc) is 3.53. The Morgan fingerprint density at radius 3 is 2.10 bits per heavy atom. The molecule has 276 valence electrons. The van der Waals surface area contributed by atoms with E-state index in [1.54, 1.807) is 0 Å². The first-order valence-corrected chi connectivity index (χ1v) is 21.1. The number of carbonyl (C=O) groups excluding carboxylic acids is 3. The number of thiazole rings is 1. The SMILES string of the molecule is Cc1ncc(C(=O)N[C@@H](CC(C)C)C(=O)N[C@@H](CC2CCC(C3CCCCC3)CC2)C(=O)N[C@H](/C=C/S(C)(=O)=O)Cc2ccc(CN)cc2)s1. The summed E-state index contributed by atoms with van der Waals surface area (Å²) >= 11 is 1.26. The maximum absolute atomic E-state index is 14.2. The molecule has 0 unspecified atom stereocenters. The number of aromatic nitrogens is 1. The summed E-state index contributed by atoms with van der Waals surface area (Å²) in [6, 6.07) is 5.33. The van der Waals surface area contributed by atoms with Gasteiger partial charge in [-0.1, -0.05) is 89.1 Å². The first-order valence-electron chi connectivity index (χ1n) is 18.3. The van der Waals surface area contributed by atoms with Crippen molar-refractivity contribution in [3.05, 3.63) is 63.0 Å². The molecule has 2 aromatic rings. The van der Waals surface area contributed by atoms with Gasteiger partial charge in [0.25, 0.3) is 5.91 Å². The van der Waals surface area contributed by atoms with Crippen LogP contribution in [0.3, 0.4) is 0 Å². The third-order valence-electron chi connectivity index (χ3n) is 10.2. The van der Waals surface area contributed by atoms with E-state index in [-0.39, 0.29) is 23.7 Å². The molecule has 2 aliphatic carbocycles. The van der Waals surface area contributed by atoms with E-state index in [1.807, 2.05) is 45.0 Å². The smallest absolute Gasteiger partial charge is 0.263 e. The Morgan fingerprint density at radius 1 is 0.900 bits per heavy atom. The Morgan fingerprint density at radius 2 is 1.52 bits per heavy atom. The van der Waals surface area contributed by atoms with Gasteiger partial charge >= 0.3 is 0 Å². The van der Waals surface area contributed by atoms with Crippen LogP contribution in [0.25, 0.3) is 0 Å². The Kier molecular flexibility index (Phi) is 15.0. The van der Waals surface area contributed by atoms with Crippen LogP contribution in [0.15, 0.2) is 41.9 Å². The summed E-state index contributed by atoms with van der Waals surface area (Å²) < 4.78 is 24.2. The lowest BCUT2D eigenvalue weighted by atomic mass is 9.70. The van der Waals surface area contributed by atoms with Crippen molar-refractivity contribution in [1.82, 2.24) is 20.9 Å². The van der Waals surface area contributed by atoms with E-state index >= 15 is 0 Å². The van der Waals surface area contributed by atoms with Gasteiger partial charge in [-0.05, 0) is 73.8 Å². The average molecular weight is 728 g/mol. The summed E-state index contributed by atoms with van der Waals surface area (Å²) in [5, 5.41) is 10.8. The van der Waals surface area contributed by atoms with Gasteiger partial charge in [-0.3, -0.25) is 14.4 Å². The molecule has 0 bridgehead atoms. The second-order valence-electron chi connectivity index (χ2n) is 14.9. The van der Waals surface area contributed by atoms with E-state index in [2.05, 4.69) is 20.9 Å². The first-order chi connectivity index (χ1) is 23.8. The molecule has 1 aromatic heterocycles. The van der Waals surface area contributed by atoms with Gasteiger partial charge in [-0.2, -0.15) is 0 Å². The lowest BCUT2D eigenvalue weighted by Crippen LogP contribution is -2.55. The third kappa shape index (κ3) is 12.9. The van der Waals surface area contributed by atoms with Crippen LogP contribution in [0.2, 0.25) is 0 Å². The molecule has 12 heteroatoms. The van der Waals surface area contributed by atoms with E-state index in [4.69, 9.17) is 5.73 Å². The molecule has 0 aliphatic heterocycles. The quantitative estimate of drug-likeness (QED) is 0.175. The van der Waals surface area contributed by atoms with Gasteiger partial charge in [0.2, 0.25) is 11.8 Å². The van der Waals surface area contributed by atoms with Gasteiger partial charge in [-0.15, -0.1) is 11.3 Å². The van der Waals surface area contributed by atoms with Crippen LogP contribution >= 0.6 is 11.3 Å². The molecule has 1 heterocycles. The number of nitrogens with two attached hydrogens (primary N) is 1. The number of nitrogens with one attached hydrogen (secondary N) is 3. The lowest BCUT2D eigenvalue weighted by Gasteiger charge is -2.37. The molecular weight excluding hydrogens is 671 g/mol. The predicted molar refractivity (Wildman–Crippen MR) is 200 cm³/mol. The number of hydrogen-bond donors (Lipinski definition) is 4. The lowest BCUT2D eigenvalue weighted by molar-refractivity contribution is -0.130. The topological polar surface area (TPSA) is 160 Å². The van der Waals surface area contributed by atoms with Gasteiger partial charge in [0, 0.05) is 18.2 Å². The highest BCUT2D eigenvalue weighted by atomic mass is 32.2. The zero-order valence-corrected chi connectivity index (χ0v) is 31.8. The van der Waals surface area contributed by atoms with E-state index in [0.29, 0.717) is 30.7 Å². The molecular formula is C38H57N5O5S2. The van der Waals surface area contributed by atoms with Crippen LogP contribution in [0.5, 0.6) is 0 Å². The highest BCUT2D eigenvalue weighted by molar-refractivity contribution is 7.93. The van der Waals surface area contributed by atoms with Crippen LogP contribution in [-0.2, 0) is 32.4 Å². The Bertz CT molecular complexity index is 1540. The van der Waals surface area contributed by atoms with Crippen molar-refractivity contribution in [1.29, 1.82) is 0 Å². The summed E-state index contributed by atoms with van der Waals surface area (Å²) in [6.45, 7) is 6.19. The van der Waals surface area contributed by atoms with Crippen molar-refractivity contribution in [2.24, 2.45) is 29.4 Å². The zero-order valence-electron chi connectivity index (χ0n) is 30.2. The second-order valence-corrected chi connectivity index (χ2v) is 18.0. The number of amides is 3. The number of nitrogens with zero attached hydrogens (tertiary/aromatic N) is 1. The Balaban J connectivity index is 1.53. The zero-order chi connectivity index (χ0) is 36.3. The molecule has 4 rings (SSSR count). The van der Waals surface area contributed by atoms with Gasteiger partial charge in [0.15, 0.2) is 9.84 Å². The molecule has 5 N–H and O–H groups in total. The van der Waals surface area contributed by atoms with E-state index in [1.165, 1.54) is 55.7 Å². The summed E-state index contributed by atoms with van der Waals surface area (Å²) in [5.41, 5.74) is 7.64. The van der Waals surface area contributed by atoms with Crippen molar-refractivity contribution in [2.75, 3.05) is 6.26 Å². The highest BCUT2D eigenvalue weighted by Crippen LogP contribution is 2.41. The fourth-order valence-electron chi connectivity index (χ4n) is 7.49. The van der Waals surface area contributed by atoms with Crippen LogP contribution < -0.4 is 21.7 Å². The molecule has 2 saturated carbocycles. The Labute approximate surface area is 302 Å². The monoisotopic (exact) mass is 727 g/mol. The van der Waals surface area contributed by atoms with Crippen LogP contribution in [0.1, 0.15) is 110 Å². The summed E-state index contributed by atoms with van der Waals surface area (Å²) in [6.07, 6.45) is 16.2. The van der Waals surface area contributed by atoms with Crippen molar-refractivity contribution in [3.63, 3.8) is 0 Å². The first kappa shape index (κ1) is 39.7. The maximum Gasteiger partial charge on any atom is 0.263 e. The summed E-state index contributed by atoms with van der Waals surface area (Å²) in [7, 11) is -3.45. The van der Waals surface area contributed by atoms with Gasteiger partial charge in [0.1, 0.15) is 17.0 Å². The molecule has 1 aromatic carbocycles. The largest absolute Gasteiger partial charge is 0.348 e. The van der Waals surface area contributed by atoms with E-state index < -0.39 is 33.9 Å². The highest BCUT2D eigenvalue weighted by Gasteiger charge is 2.34. The van der Waals surface area contributed by atoms with Crippen molar-refractivity contribution >= 4 is 38.9 Å². The molecule has 0 spiro atoms. The van der Waals surface area contributed by atoms with Crippen molar-refractivity contribution in [2.45, 2.75) is 122 Å². The minimum atomic E-state index is -3.45. The third-order valence-corrected chi connectivity index (χ3v) is 11.7. The van der Waals surface area contributed by atoms with E-state index in [9.17, 15) is 22.8 Å². The van der Waals surface area contributed by atoms with Gasteiger partial charge in [0.05, 0.1) is 17.2 Å². The molecule has 2 aliphatic rings. The van der Waals surface area contributed by atoms with Crippen LogP contribution in [-0.4, -0.2) is 55.5 Å². The molecule has 3 atom stereocenters. The molecule has 50 heavy (non-hydrogen) atoms.